The van der Waals surface area contributed by atoms with E-state index in [0.29, 0.717) is 28.6 Å². The van der Waals surface area contributed by atoms with Gasteiger partial charge in [-0.15, -0.1) is 0 Å². The third-order valence-corrected chi connectivity index (χ3v) is 7.04. The van der Waals surface area contributed by atoms with Crippen molar-refractivity contribution in [2.75, 3.05) is 24.4 Å². The fourth-order valence-electron chi connectivity index (χ4n) is 4.98. The Morgan fingerprint density at radius 3 is 2.41 bits per heavy atom. The van der Waals surface area contributed by atoms with Gasteiger partial charge in [-0.05, 0) is 61.2 Å². The van der Waals surface area contributed by atoms with E-state index in [1.807, 2.05) is 0 Å². The minimum atomic E-state index is -1.10. The van der Waals surface area contributed by atoms with Crippen molar-refractivity contribution in [3.05, 3.63) is 78.2 Å². The lowest BCUT2D eigenvalue weighted by Gasteiger charge is -2.33. The van der Waals surface area contributed by atoms with E-state index in [9.17, 15) is 18.8 Å². The van der Waals surface area contributed by atoms with Gasteiger partial charge in [0, 0.05) is 31.1 Å². The van der Waals surface area contributed by atoms with Crippen LogP contribution in [0.25, 0.3) is 0 Å². The Balaban J connectivity index is 1.64. The van der Waals surface area contributed by atoms with Crippen molar-refractivity contribution in [3.63, 3.8) is 0 Å². The number of hydrogen-bond donors (Lipinski definition) is 2. The van der Waals surface area contributed by atoms with E-state index in [1.165, 1.54) is 43.4 Å². The summed E-state index contributed by atoms with van der Waals surface area (Å²) in [7, 11) is 2.98. The Bertz CT molecular complexity index is 1330. The first-order valence-electron chi connectivity index (χ1n) is 13.7. The molecular formula is C31H35FN4O5. The monoisotopic (exact) mass is 562 g/mol. The normalized spacial score (nSPS) is 13.7. The summed E-state index contributed by atoms with van der Waals surface area (Å²) in [5, 5.41) is 5.81. The van der Waals surface area contributed by atoms with Gasteiger partial charge in [0.25, 0.3) is 0 Å². The van der Waals surface area contributed by atoms with Gasteiger partial charge < -0.3 is 20.1 Å². The van der Waals surface area contributed by atoms with Crippen LogP contribution < -0.4 is 25.0 Å². The molecule has 1 fully saturated rings. The smallest absolute Gasteiger partial charge is 0.248 e. The molecule has 3 amide bonds. The van der Waals surface area contributed by atoms with E-state index in [0.717, 1.165) is 25.7 Å². The quantitative estimate of drug-likeness (QED) is 0.315. The van der Waals surface area contributed by atoms with Gasteiger partial charge in [0.15, 0.2) is 0 Å². The summed E-state index contributed by atoms with van der Waals surface area (Å²) in [5.74, 6) is -0.239. The average Bonchev–Trinajstić information content (AvgIpc) is 3.49. The van der Waals surface area contributed by atoms with Gasteiger partial charge in [-0.2, -0.15) is 0 Å². The number of nitrogens with one attached hydrogen (secondary N) is 2. The predicted molar refractivity (Wildman–Crippen MR) is 153 cm³/mol. The molecule has 41 heavy (non-hydrogen) atoms. The summed E-state index contributed by atoms with van der Waals surface area (Å²) in [6, 6.07) is 14.6. The molecule has 2 N–H and O–H groups in total. The van der Waals surface area contributed by atoms with Crippen LogP contribution in [0.4, 0.5) is 15.9 Å². The van der Waals surface area contributed by atoms with Crippen LogP contribution >= 0.6 is 0 Å². The molecular weight excluding hydrogens is 527 g/mol. The first-order chi connectivity index (χ1) is 19.9. The summed E-state index contributed by atoms with van der Waals surface area (Å²) < 4.78 is 24.8. The second kappa shape index (κ2) is 14.2. The van der Waals surface area contributed by atoms with Crippen molar-refractivity contribution in [2.24, 2.45) is 0 Å². The number of carbonyl (C=O) groups excluding carboxylic acids is 3. The molecule has 0 radical (unpaired) electrons. The summed E-state index contributed by atoms with van der Waals surface area (Å²) in [4.78, 5) is 45.8. The molecule has 10 heteroatoms. The standard InChI is InChI=1S/C31H35FN4O5/c1-40-24-17-18-25(26(20-24)41-2)36(29(38)12-7-11-28(37)35-27-10-5-6-19-33-27)30(21-13-15-22(32)16-14-21)31(39)34-23-8-3-4-9-23/h5-6,10,13-20,23,30H,3-4,7-9,11-12H2,1-2H3,(H,34,39)(H,33,35,37)/t30-/m1/s1. The average molecular weight is 563 g/mol. The maximum absolute atomic E-state index is 14.0. The molecule has 0 aliphatic heterocycles. The number of nitrogens with zero attached hydrogens (tertiary/aromatic N) is 2. The van der Waals surface area contributed by atoms with E-state index in [1.54, 1.807) is 42.6 Å². The van der Waals surface area contributed by atoms with Crippen LogP contribution in [0.3, 0.4) is 0 Å². The second-order valence-electron chi connectivity index (χ2n) is 9.86. The maximum Gasteiger partial charge on any atom is 0.248 e. The topological polar surface area (TPSA) is 110 Å². The number of carbonyl (C=O) groups is 3. The van der Waals surface area contributed by atoms with Gasteiger partial charge in [-0.3, -0.25) is 19.3 Å². The van der Waals surface area contributed by atoms with Gasteiger partial charge in [0.1, 0.15) is 29.2 Å². The molecule has 1 aliphatic carbocycles. The first kappa shape index (κ1) is 29.5. The Labute approximate surface area is 239 Å². The Morgan fingerprint density at radius 2 is 1.76 bits per heavy atom. The molecule has 216 valence electrons. The van der Waals surface area contributed by atoms with Gasteiger partial charge in [-0.1, -0.05) is 31.0 Å². The van der Waals surface area contributed by atoms with E-state index in [4.69, 9.17) is 9.47 Å². The van der Waals surface area contributed by atoms with Crippen LogP contribution in [0, 0.1) is 5.82 Å². The predicted octanol–water partition coefficient (Wildman–Crippen LogP) is 5.18. The van der Waals surface area contributed by atoms with Crippen LogP contribution in [0.2, 0.25) is 0 Å². The number of rotatable bonds is 12. The largest absolute Gasteiger partial charge is 0.497 e. The number of aromatic nitrogens is 1. The number of hydrogen-bond acceptors (Lipinski definition) is 6. The number of halogens is 1. The molecule has 9 nitrogen and oxygen atoms in total. The molecule has 2 aromatic carbocycles. The molecule has 1 aromatic heterocycles. The molecule has 4 rings (SSSR count). The summed E-state index contributed by atoms with van der Waals surface area (Å²) in [6.45, 7) is 0. The zero-order valence-electron chi connectivity index (χ0n) is 23.3. The van der Waals surface area contributed by atoms with Crippen molar-refractivity contribution < 1.29 is 28.2 Å². The maximum atomic E-state index is 14.0. The highest BCUT2D eigenvalue weighted by Crippen LogP contribution is 2.38. The molecule has 3 aromatic rings. The number of benzene rings is 2. The Hall–Kier alpha value is -4.47. The summed E-state index contributed by atoms with van der Waals surface area (Å²) in [5.41, 5.74) is 0.799. The van der Waals surface area contributed by atoms with Crippen LogP contribution in [-0.2, 0) is 14.4 Å². The minimum absolute atomic E-state index is 0.00421. The zero-order valence-corrected chi connectivity index (χ0v) is 23.3. The molecule has 0 spiro atoms. The Kier molecular flexibility index (Phi) is 10.3. The van der Waals surface area contributed by atoms with Crippen LogP contribution in [0.1, 0.15) is 56.6 Å². The van der Waals surface area contributed by atoms with E-state index in [2.05, 4.69) is 15.6 Å². The lowest BCUT2D eigenvalue weighted by Crippen LogP contribution is -2.46. The second-order valence-corrected chi connectivity index (χ2v) is 9.86. The number of methoxy groups -OCH3 is 2. The lowest BCUT2D eigenvalue weighted by atomic mass is 10.0. The summed E-state index contributed by atoms with van der Waals surface area (Å²) >= 11 is 0. The van der Waals surface area contributed by atoms with Gasteiger partial charge in [0.05, 0.1) is 19.9 Å². The SMILES string of the molecule is COc1ccc(N(C(=O)CCCC(=O)Nc2ccccn2)[C@@H](C(=O)NC2CCCC2)c2ccc(F)cc2)c(OC)c1. The van der Waals surface area contributed by atoms with Crippen LogP contribution in [-0.4, -0.2) is 43.0 Å². The molecule has 0 bridgehead atoms. The van der Waals surface area contributed by atoms with Crippen molar-refractivity contribution in [1.29, 1.82) is 0 Å². The highest BCUT2D eigenvalue weighted by molar-refractivity contribution is 6.02. The van der Waals surface area contributed by atoms with Crippen LogP contribution in [0.15, 0.2) is 66.9 Å². The molecule has 1 saturated carbocycles. The number of ether oxygens (including phenoxy) is 2. The Morgan fingerprint density at radius 1 is 1.00 bits per heavy atom. The molecule has 1 aliphatic rings. The number of anilines is 2. The highest BCUT2D eigenvalue weighted by Gasteiger charge is 2.35. The van der Waals surface area contributed by atoms with E-state index >= 15 is 0 Å². The van der Waals surface area contributed by atoms with Crippen molar-refractivity contribution in [1.82, 2.24) is 10.3 Å². The lowest BCUT2D eigenvalue weighted by molar-refractivity contribution is -0.127. The molecule has 0 unspecified atom stereocenters. The van der Waals surface area contributed by atoms with Crippen molar-refractivity contribution in [3.8, 4) is 11.5 Å². The number of pyridine rings is 1. The van der Waals surface area contributed by atoms with Crippen molar-refractivity contribution >= 4 is 29.2 Å². The van der Waals surface area contributed by atoms with Crippen LogP contribution in [0.5, 0.6) is 11.5 Å². The third kappa shape index (κ3) is 7.81. The number of amides is 3. The van der Waals surface area contributed by atoms with E-state index in [-0.39, 0.29) is 37.1 Å². The third-order valence-electron chi connectivity index (χ3n) is 7.04. The van der Waals surface area contributed by atoms with Gasteiger partial charge >= 0.3 is 0 Å². The summed E-state index contributed by atoms with van der Waals surface area (Å²) in [6.07, 6.45) is 5.59. The zero-order chi connectivity index (χ0) is 29.2. The highest BCUT2D eigenvalue weighted by atomic mass is 19.1. The van der Waals surface area contributed by atoms with Gasteiger partial charge in [0.2, 0.25) is 17.7 Å². The van der Waals surface area contributed by atoms with E-state index < -0.39 is 17.8 Å². The fourth-order valence-corrected chi connectivity index (χ4v) is 4.98. The molecule has 0 saturated heterocycles. The van der Waals surface area contributed by atoms with Gasteiger partial charge in [-0.25, -0.2) is 9.37 Å². The molecule has 1 heterocycles. The first-order valence-corrected chi connectivity index (χ1v) is 13.7. The molecule has 1 atom stereocenters. The fraction of sp³-hybridized carbons (Fsp3) is 0.355. The minimum Gasteiger partial charge on any atom is -0.497 e. The van der Waals surface area contributed by atoms with Crippen molar-refractivity contribution in [2.45, 2.75) is 57.0 Å².